The van der Waals surface area contributed by atoms with E-state index in [0.29, 0.717) is 23.0 Å². The van der Waals surface area contributed by atoms with Gasteiger partial charge in [0.2, 0.25) is 0 Å². The van der Waals surface area contributed by atoms with Crippen molar-refractivity contribution in [3.63, 3.8) is 0 Å². The Labute approximate surface area is 158 Å². The fourth-order valence-corrected chi connectivity index (χ4v) is 3.91. The van der Waals surface area contributed by atoms with Gasteiger partial charge in [-0.15, -0.1) is 4.40 Å². The zero-order valence-corrected chi connectivity index (χ0v) is 16.1. The Morgan fingerprint density at radius 1 is 1.35 bits per heavy atom. The van der Waals surface area contributed by atoms with Gasteiger partial charge in [-0.05, 0) is 29.8 Å². The molecule has 0 spiro atoms. The number of nitrogens with one attached hydrogen (secondary N) is 1. The third-order valence-corrected chi connectivity index (χ3v) is 5.78. The van der Waals surface area contributed by atoms with E-state index >= 15 is 0 Å². The van der Waals surface area contributed by atoms with Crippen molar-refractivity contribution >= 4 is 33.4 Å². The van der Waals surface area contributed by atoms with Crippen LogP contribution in [0.3, 0.4) is 0 Å². The standard InChI is InChI=1S/C18H20ClN3O3S/c1-18(2,14-4-3-5-15(19)10-14)12-20-17(23)13-6-7-16-21-26(24,25)9-8-22(16)11-13/h3-7,10-11H,8-9,12H2,1-2H3,(H,20,23). The fraction of sp³-hybridized carbons (Fsp3) is 0.333. The highest BCUT2D eigenvalue weighted by molar-refractivity contribution is 7.90. The zero-order valence-electron chi connectivity index (χ0n) is 14.6. The van der Waals surface area contributed by atoms with Crippen LogP contribution in [-0.2, 0) is 20.2 Å². The Bertz CT molecular complexity index is 933. The van der Waals surface area contributed by atoms with Crippen molar-refractivity contribution in [3.8, 4) is 0 Å². The average Bonchev–Trinajstić information content (AvgIpc) is 2.58. The quantitative estimate of drug-likeness (QED) is 0.850. The van der Waals surface area contributed by atoms with Gasteiger partial charge in [-0.1, -0.05) is 37.6 Å². The lowest BCUT2D eigenvalue weighted by atomic mass is 9.84. The molecule has 138 valence electrons. The third-order valence-electron chi connectivity index (χ3n) is 4.38. The fourth-order valence-electron chi connectivity index (χ4n) is 2.75. The summed E-state index contributed by atoms with van der Waals surface area (Å²) >= 11 is 6.06. The molecule has 1 N–H and O–H groups in total. The summed E-state index contributed by atoms with van der Waals surface area (Å²) in [6.07, 6.45) is 4.76. The predicted octanol–water partition coefficient (Wildman–Crippen LogP) is 2.23. The molecule has 0 radical (unpaired) electrons. The Kier molecular flexibility index (Phi) is 4.94. The monoisotopic (exact) mass is 393 g/mol. The van der Waals surface area contributed by atoms with E-state index in [0.717, 1.165) is 5.56 Å². The highest BCUT2D eigenvalue weighted by Gasteiger charge is 2.26. The molecule has 1 aromatic rings. The summed E-state index contributed by atoms with van der Waals surface area (Å²) in [6.45, 7) is 4.79. The number of rotatable bonds is 4. The molecule has 3 rings (SSSR count). The van der Waals surface area contributed by atoms with Crippen LogP contribution in [-0.4, -0.2) is 43.9 Å². The lowest BCUT2D eigenvalue weighted by Crippen LogP contribution is -2.40. The lowest BCUT2D eigenvalue weighted by molar-refractivity contribution is -0.117. The van der Waals surface area contributed by atoms with Crippen molar-refractivity contribution in [2.24, 2.45) is 4.40 Å². The average molecular weight is 394 g/mol. The summed E-state index contributed by atoms with van der Waals surface area (Å²) in [5.41, 5.74) is 1.21. The summed E-state index contributed by atoms with van der Waals surface area (Å²) in [5.74, 6) is 0.0632. The van der Waals surface area contributed by atoms with Gasteiger partial charge in [0.1, 0.15) is 5.84 Å². The first-order chi connectivity index (χ1) is 12.2. The van der Waals surface area contributed by atoms with E-state index in [1.54, 1.807) is 23.3 Å². The highest BCUT2D eigenvalue weighted by atomic mass is 35.5. The van der Waals surface area contributed by atoms with Crippen molar-refractivity contribution in [1.29, 1.82) is 0 Å². The molecule has 0 aromatic heterocycles. The van der Waals surface area contributed by atoms with E-state index in [4.69, 9.17) is 11.6 Å². The van der Waals surface area contributed by atoms with Gasteiger partial charge in [0.15, 0.2) is 0 Å². The van der Waals surface area contributed by atoms with Crippen LogP contribution in [0.1, 0.15) is 19.4 Å². The maximum absolute atomic E-state index is 12.5. The molecule has 0 fully saturated rings. The molecule has 1 amide bonds. The molecule has 0 unspecified atom stereocenters. The molecule has 0 atom stereocenters. The summed E-state index contributed by atoms with van der Waals surface area (Å²) in [5, 5.41) is 3.59. The molecular formula is C18H20ClN3O3S. The predicted molar refractivity (Wildman–Crippen MR) is 103 cm³/mol. The van der Waals surface area contributed by atoms with Crippen LogP contribution in [0, 0.1) is 0 Å². The van der Waals surface area contributed by atoms with Gasteiger partial charge in [-0.25, -0.2) is 8.42 Å². The van der Waals surface area contributed by atoms with Gasteiger partial charge < -0.3 is 10.2 Å². The van der Waals surface area contributed by atoms with Crippen molar-refractivity contribution in [2.45, 2.75) is 19.3 Å². The van der Waals surface area contributed by atoms with Crippen molar-refractivity contribution in [2.75, 3.05) is 18.8 Å². The smallest absolute Gasteiger partial charge is 0.256 e. The van der Waals surface area contributed by atoms with Gasteiger partial charge in [-0.2, -0.15) is 0 Å². The van der Waals surface area contributed by atoms with E-state index in [1.165, 1.54) is 0 Å². The number of hydrogen-bond acceptors (Lipinski definition) is 4. The minimum atomic E-state index is -3.40. The summed E-state index contributed by atoms with van der Waals surface area (Å²) in [7, 11) is -3.40. The van der Waals surface area contributed by atoms with Gasteiger partial charge >= 0.3 is 0 Å². The van der Waals surface area contributed by atoms with Crippen LogP contribution < -0.4 is 5.32 Å². The highest BCUT2D eigenvalue weighted by Crippen LogP contribution is 2.25. The molecular weight excluding hydrogens is 374 g/mol. The minimum Gasteiger partial charge on any atom is -0.351 e. The molecule has 2 aliphatic heterocycles. The maximum atomic E-state index is 12.5. The molecule has 0 bridgehead atoms. The number of nitrogens with zero attached hydrogens (tertiary/aromatic N) is 2. The molecule has 2 aliphatic rings. The SMILES string of the molecule is CC(C)(CNC(=O)C1=CN2CCS(=O)(=O)N=C2C=C1)c1cccc(Cl)c1. The van der Waals surface area contributed by atoms with Crippen LogP contribution in [0.5, 0.6) is 0 Å². The van der Waals surface area contributed by atoms with E-state index in [9.17, 15) is 13.2 Å². The van der Waals surface area contributed by atoms with Gasteiger partial charge in [-0.3, -0.25) is 4.79 Å². The third kappa shape index (κ3) is 4.16. The number of halogens is 1. The number of amidine groups is 1. The second-order valence-electron chi connectivity index (χ2n) is 6.92. The van der Waals surface area contributed by atoms with Crippen molar-refractivity contribution in [3.05, 3.63) is 58.8 Å². The number of fused-ring (bicyclic) bond motifs is 1. The van der Waals surface area contributed by atoms with E-state index in [1.807, 2.05) is 38.1 Å². The van der Waals surface area contributed by atoms with Crippen LogP contribution >= 0.6 is 11.6 Å². The molecule has 0 aliphatic carbocycles. The van der Waals surface area contributed by atoms with E-state index < -0.39 is 10.0 Å². The Hall–Kier alpha value is -2.12. The minimum absolute atomic E-state index is 0.0580. The zero-order chi connectivity index (χ0) is 18.9. The molecule has 26 heavy (non-hydrogen) atoms. The van der Waals surface area contributed by atoms with Crippen LogP contribution in [0.15, 0.2) is 52.6 Å². The van der Waals surface area contributed by atoms with Crippen molar-refractivity contribution < 1.29 is 13.2 Å². The van der Waals surface area contributed by atoms with Gasteiger partial charge in [0.05, 0.1) is 11.3 Å². The van der Waals surface area contributed by atoms with Crippen LogP contribution in [0.2, 0.25) is 5.02 Å². The number of sulfonamides is 1. The second-order valence-corrected chi connectivity index (χ2v) is 9.11. The van der Waals surface area contributed by atoms with Crippen LogP contribution in [0.4, 0.5) is 0 Å². The topological polar surface area (TPSA) is 78.8 Å². The molecule has 8 heteroatoms. The number of carbonyl (C=O) groups excluding carboxylic acids is 1. The number of amides is 1. The Morgan fingerprint density at radius 2 is 2.12 bits per heavy atom. The van der Waals surface area contributed by atoms with E-state index in [-0.39, 0.29) is 23.6 Å². The van der Waals surface area contributed by atoms with E-state index in [2.05, 4.69) is 9.71 Å². The summed E-state index contributed by atoms with van der Waals surface area (Å²) in [4.78, 5) is 14.2. The normalized spacial score (nSPS) is 18.7. The Balaban J connectivity index is 1.68. The number of carbonyl (C=O) groups is 1. The number of benzene rings is 1. The molecule has 6 nitrogen and oxygen atoms in total. The molecule has 0 saturated carbocycles. The second kappa shape index (κ2) is 6.89. The largest absolute Gasteiger partial charge is 0.351 e. The summed E-state index contributed by atoms with van der Waals surface area (Å²) < 4.78 is 26.8. The lowest BCUT2D eigenvalue weighted by Gasteiger charge is -2.28. The first-order valence-electron chi connectivity index (χ1n) is 8.20. The van der Waals surface area contributed by atoms with Crippen LogP contribution in [0.25, 0.3) is 0 Å². The first kappa shape index (κ1) is 18.7. The Morgan fingerprint density at radius 3 is 2.85 bits per heavy atom. The maximum Gasteiger partial charge on any atom is 0.256 e. The summed E-state index contributed by atoms with van der Waals surface area (Å²) in [6, 6.07) is 7.58. The van der Waals surface area contributed by atoms with Gasteiger partial charge in [0.25, 0.3) is 15.9 Å². The molecule has 0 saturated heterocycles. The van der Waals surface area contributed by atoms with Crippen molar-refractivity contribution in [1.82, 2.24) is 10.2 Å². The number of hydrogen-bond donors (Lipinski definition) is 1. The first-order valence-corrected chi connectivity index (χ1v) is 10.2. The van der Waals surface area contributed by atoms with Gasteiger partial charge in [0, 0.05) is 29.7 Å². The molecule has 2 heterocycles. The molecule has 1 aromatic carbocycles.